The second-order valence-electron chi connectivity index (χ2n) is 5.60. The Morgan fingerprint density at radius 3 is 2.50 bits per heavy atom. The molecule has 138 valence electrons. The molecular formula is C16H15Cl3N4O3. The van der Waals surface area contributed by atoms with E-state index in [-0.39, 0.29) is 34.6 Å². The van der Waals surface area contributed by atoms with Crippen LogP contribution >= 0.6 is 34.8 Å². The SMILES string of the molecule is O=C(O)CCNc1cc(Cl)c(Oc2ncnc(N3CCC3)c2Cl)c(Cl)c1. The van der Waals surface area contributed by atoms with Gasteiger partial charge in [0.05, 0.1) is 16.5 Å². The number of anilines is 2. The number of rotatable bonds is 7. The number of benzene rings is 1. The van der Waals surface area contributed by atoms with E-state index in [2.05, 4.69) is 15.3 Å². The van der Waals surface area contributed by atoms with Crippen LogP contribution < -0.4 is 15.0 Å². The minimum Gasteiger partial charge on any atom is -0.481 e. The van der Waals surface area contributed by atoms with Gasteiger partial charge in [-0.05, 0) is 18.6 Å². The normalized spacial score (nSPS) is 13.3. The maximum absolute atomic E-state index is 10.6. The molecule has 2 N–H and O–H groups in total. The van der Waals surface area contributed by atoms with E-state index in [1.165, 1.54) is 6.33 Å². The van der Waals surface area contributed by atoms with Gasteiger partial charge in [-0.2, -0.15) is 4.98 Å². The number of hydrogen-bond donors (Lipinski definition) is 2. The van der Waals surface area contributed by atoms with Gasteiger partial charge in [0.1, 0.15) is 11.3 Å². The van der Waals surface area contributed by atoms with E-state index in [1.54, 1.807) is 12.1 Å². The summed E-state index contributed by atoms with van der Waals surface area (Å²) < 4.78 is 5.73. The van der Waals surface area contributed by atoms with Gasteiger partial charge in [-0.15, -0.1) is 0 Å². The molecule has 0 atom stereocenters. The molecule has 10 heteroatoms. The highest BCUT2D eigenvalue weighted by Gasteiger charge is 2.23. The molecule has 7 nitrogen and oxygen atoms in total. The van der Waals surface area contributed by atoms with Gasteiger partial charge in [-0.25, -0.2) is 4.98 Å². The molecule has 1 aromatic heterocycles. The first-order valence-corrected chi connectivity index (χ1v) is 8.97. The summed E-state index contributed by atoms with van der Waals surface area (Å²) in [7, 11) is 0. The van der Waals surface area contributed by atoms with E-state index in [0.717, 1.165) is 19.5 Å². The molecule has 3 rings (SSSR count). The van der Waals surface area contributed by atoms with Crippen molar-refractivity contribution in [2.24, 2.45) is 0 Å². The van der Waals surface area contributed by atoms with Crippen molar-refractivity contribution >= 4 is 52.3 Å². The highest BCUT2D eigenvalue weighted by Crippen LogP contribution is 2.41. The Morgan fingerprint density at radius 2 is 1.92 bits per heavy atom. The number of aromatic nitrogens is 2. The molecule has 0 amide bonds. The predicted molar refractivity (Wildman–Crippen MR) is 101 cm³/mol. The van der Waals surface area contributed by atoms with Gasteiger partial charge < -0.3 is 20.1 Å². The third-order valence-corrected chi connectivity index (χ3v) is 4.65. The van der Waals surface area contributed by atoms with E-state index in [0.29, 0.717) is 16.5 Å². The van der Waals surface area contributed by atoms with E-state index in [4.69, 9.17) is 44.6 Å². The summed E-state index contributed by atoms with van der Waals surface area (Å²) in [4.78, 5) is 20.8. The summed E-state index contributed by atoms with van der Waals surface area (Å²) in [5, 5.41) is 12.4. The maximum atomic E-state index is 10.6. The molecule has 1 aliphatic heterocycles. The van der Waals surface area contributed by atoms with Crippen LogP contribution in [-0.2, 0) is 4.79 Å². The fourth-order valence-electron chi connectivity index (χ4n) is 2.33. The van der Waals surface area contributed by atoms with Gasteiger partial charge in [0.15, 0.2) is 11.6 Å². The average molecular weight is 418 g/mol. The number of hydrogen-bond acceptors (Lipinski definition) is 6. The molecule has 2 aromatic rings. The lowest BCUT2D eigenvalue weighted by Gasteiger charge is -2.32. The minimum atomic E-state index is -0.897. The molecule has 0 radical (unpaired) electrons. The van der Waals surface area contributed by atoms with E-state index < -0.39 is 5.97 Å². The lowest BCUT2D eigenvalue weighted by molar-refractivity contribution is -0.136. The molecule has 1 saturated heterocycles. The van der Waals surface area contributed by atoms with Gasteiger partial charge >= 0.3 is 5.97 Å². The molecule has 0 aliphatic carbocycles. The fraction of sp³-hybridized carbons (Fsp3) is 0.312. The summed E-state index contributed by atoms with van der Waals surface area (Å²) in [5.41, 5.74) is 0.587. The van der Waals surface area contributed by atoms with Crippen LogP contribution in [-0.4, -0.2) is 40.7 Å². The Hall–Kier alpha value is -1.96. The van der Waals surface area contributed by atoms with Crippen LogP contribution in [0, 0.1) is 0 Å². The van der Waals surface area contributed by atoms with Gasteiger partial charge in [-0.1, -0.05) is 34.8 Å². The molecule has 1 aliphatic rings. The Morgan fingerprint density at radius 1 is 1.23 bits per heavy atom. The Labute approximate surface area is 164 Å². The van der Waals surface area contributed by atoms with Crippen molar-refractivity contribution in [2.75, 3.05) is 29.9 Å². The average Bonchev–Trinajstić information content (AvgIpc) is 2.52. The molecule has 2 heterocycles. The predicted octanol–water partition coefficient (Wildman–Crippen LogP) is 4.33. The number of nitrogens with one attached hydrogen (secondary N) is 1. The van der Waals surface area contributed by atoms with Gasteiger partial charge in [0, 0.05) is 25.3 Å². The van der Waals surface area contributed by atoms with Crippen molar-refractivity contribution in [2.45, 2.75) is 12.8 Å². The highest BCUT2D eigenvalue weighted by atomic mass is 35.5. The van der Waals surface area contributed by atoms with Crippen LogP contribution in [0.15, 0.2) is 18.5 Å². The minimum absolute atomic E-state index is 0.0245. The van der Waals surface area contributed by atoms with E-state index >= 15 is 0 Å². The van der Waals surface area contributed by atoms with Crippen molar-refractivity contribution in [3.05, 3.63) is 33.5 Å². The maximum Gasteiger partial charge on any atom is 0.305 e. The fourth-order valence-corrected chi connectivity index (χ4v) is 3.15. The lowest BCUT2D eigenvalue weighted by Crippen LogP contribution is -2.37. The van der Waals surface area contributed by atoms with E-state index in [1.807, 2.05) is 4.90 Å². The third kappa shape index (κ3) is 4.23. The first-order valence-electron chi connectivity index (χ1n) is 7.83. The summed E-state index contributed by atoms with van der Waals surface area (Å²) in [5.74, 6) is 0.0967. The Bertz CT molecular complexity index is 807. The number of halogens is 3. The van der Waals surface area contributed by atoms with Crippen LogP contribution in [0.25, 0.3) is 0 Å². The zero-order valence-corrected chi connectivity index (χ0v) is 15.8. The van der Waals surface area contributed by atoms with Crippen LogP contribution in [0.4, 0.5) is 11.5 Å². The van der Waals surface area contributed by atoms with Gasteiger partial charge in [0.25, 0.3) is 0 Å². The molecule has 1 aromatic carbocycles. The smallest absolute Gasteiger partial charge is 0.305 e. The summed E-state index contributed by atoms with van der Waals surface area (Å²) >= 11 is 18.9. The van der Waals surface area contributed by atoms with Crippen molar-refractivity contribution < 1.29 is 14.6 Å². The summed E-state index contributed by atoms with van der Waals surface area (Å²) in [6.07, 6.45) is 2.44. The number of aliphatic carboxylic acids is 1. The number of ether oxygens (including phenoxy) is 1. The number of carboxylic acids is 1. The standard InChI is InChI=1S/C16H15Cl3N4O3/c17-10-6-9(20-3-2-12(24)25)7-11(18)14(10)26-16-13(19)15(21-8-22-16)23-4-1-5-23/h6-8,20H,1-5H2,(H,24,25). The first kappa shape index (κ1) is 18.8. The van der Waals surface area contributed by atoms with Crippen LogP contribution in [0.3, 0.4) is 0 Å². The van der Waals surface area contributed by atoms with Crippen LogP contribution in [0.2, 0.25) is 15.1 Å². The number of carboxylic acid groups (broad SMARTS) is 1. The molecule has 26 heavy (non-hydrogen) atoms. The van der Waals surface area contributed by atoms with Crippen molar-refractivity contribution in [3.8, 4) is 11.6 Å². The van der Waals surface area contributed by atoms with Crippen LogP contribution in [0.5, 0.6) is 11.6 Å². The Kier molecular flexibility index (Phi) is 5.90. The highest BCUT2D eigenvalue weighted by molar-refractivity contribution is 6.38. The van der Waals surface area contributed by atoms with Gasteiger partial charge in [-0.3, -0.25) is 4.79 Å². The molecule has 0 bridgehead atoms. The number of carbonyl (C=O) groups is 1. The first-order chi connectivity index (χ1) is 12.5. The van der Waals surface area contributed by atoms with Crippen molar-refractivity contribution in [1.82, 2.24) is 9.97 Å². The van der Waals surface area contributed by atoms with Crippen molar-refractivity contribution in [1.29, 1.82) is 0 Å². The molecule has 0 saturated carbocycles. The quantitative estimate of drug-likeness (QED) is 0.693. The molecule has 0 unspecified atom stereocenters. The molecule has 1 fully saturated rings. The number of nitrogens with zero attached hydrogens (tertiary/aromatic N) is 3. The van der Waals surface area contributed by atoms with Gasteiger partial charge in [0.2, 0.25) is 5.88 Å². The zero-order valence-electron chi connectivity index (χ0n) is 13.5. The second-order valence-corrected chi connectivity index (χ2v) is 6.79. The largest absolute Gasteiger partial charge is 0.481 e. The Balaban J connectivity index is 1.78. The molecule has 0 spiro atoms. The van der Waals surface area contributed by atoms with Crippen molar-refractivity contribution in [3.63, 3.8) is 0 Å². The second kappa shape index (κ2) is 8.16. The van der Waals surface area contributed by atoms with E-state index in [9.17, 15) is 4.79 Å². The summed E-state index contributed by atoms with van der Waals surface area (Å²) in [6, 6.07) is 3.19. The monoisotopic (exact) mass is 416 g/mol. The summed E-state index contributed by atoms with van der Waals surface area (Å²) in [6.45, 7) is 2.02. The third-order valence-electron chi connectivity index (χ3n) is 3.76. The molecular weight excluding hydrogens is 403 g/mol. The zero-order chi connectivity index (χ0) is 18.7. The van der Waals surface area contributed by atoms with Crippen LogP contribution in [0.1, 0.15) is 12.8 Å². The lowest BCUT2D eigenvalue weighted by atomic mass is 10.2. The topological polar surface area (TPSA) is 87.6 Å².